The molecule has 13 N–H and O–H groups in total. The van der Waals surface area contributed by atoms with E-state index in [2.05, 4.69) is 22.8 Å². The number of aliphatic hydroxyl groups excluding tert-OH is 4. The minimum absolute atomic E-state index is 0.244. The van der Waals surface area contributed by atoms with Crippen LogP contribution in [0.2, 0.25) is 0 Å². The van der Waals surface area contributed by atoms with E-state index >= 15 is 0 Å². The summed E-state index contributed by atoms with van der Waals surface area (Å²) in [6.45, 7) is 9.88. The quantitative estimate of drug-likeness (QED) is 0.0398. The number of carboxylic acids is 1. The monoisotopic (exact) mass is 1010 g/mol. The van der Waals surface area contributed by atoms with Crippen molar-refractivity contribution in [2.24, 2.45) is 11.5 Å². The number of aliphatic carboxylic acids is 1. The molecule has 3 rings (SSSR count). The average molecular weight is 1010 g/mol. The summed E-state index contributed by atoms with van der Waals surface area (Å²) < 4.78 is 63.4. The number of ether oxygens (including phenoxy) is 7. The van der Waals surface area contributed by atoms with Crippen molar-refractivity contribution in [1.82, 2.24) is 10.6 Å². The van der Waals surface area contributed by atoms with Crippen LogP contribution < -0.4 is 22.1 Å². The van der Waals surface area contributed by atoms with Gasteiger partial charge in [-0.2, -0.15) is 0 Å². The minimum atomic E-state index is -5.60. The molecule has 3 aliphatic rings. The third-order valence-electron chi connectivity index (χ3n) is 11.2. The molecule has 27 heteroatoms. The Kier molecular flexibility index (Phi) is 22.8. The molecular formula is C42H69N4O22P. The zero-order valence-corrected chi connectivity index (χ0v) is 40.6. The van der Waals surface area contributed by atoms with Crippen molar-refractivity contribution in [3.8, 4) is 0 Å². The van der Waals surface area contributed by atoms with Crippen molar-refractivity contribution < 1.29 is 106 Å². The summed E-state index contributed by atoms with van der Waals surface area (Å²) in [5.41, 5.74) is 11.4. The third kappa shape index (κ3) is 17.4. The molecule has 0 aromatic rings. The summed E-state index contributed by atoms with van der Waals surface area (Å²) in [6, 6.07) is -3.26. The highest BCUT2D eigenvalue weighted by molar-refractivity contribution is 7.47. The number of nitrogens with one attached hydrogen (secondary N) is 2. The average Bonchev–Trinajstić information content (AvgIpc) is 3.23. The second-order valence-electron chi connectivity index (χ2n) is 17.4. The predicted molar refractivity (Wildman–Crippen MR) is 236 cm³/mol. The number of carbonyl (C=O) groups excluding carboxylic acids is 4. The lowest BCUT2D eigenvalue weighted by molar-refractivity contribution is -0.364. The van der Waals surface area contributed by atoms with Crippen LogP contribution in [0.4, 0.5) is 4.79 Å². The molecule has 0 spiro atoms. The first-order chi connectivity index (χ1) is 32.1. The number of primary amides is 2. The van der Waals surface area contributed by atoms with Crippen LogP contribution in [-0.2, 0) is 65.9 Å². The number of carboxylic acid groups (broad SMARTS) is 1. The largest absolute Gasteiger partial charge is 0.479 e. The zero-order valence-electron chi connectivity index (χ0n) is 39.7. The third-order valence-corrected chi connectivity index (χ3v) is 12.2. The van der Waals surface area contributed by atoms with E-state index in [1.807, 2.05) is 27.7 Å². The van der Waals surface area contributed by atoms with Gasteiger partial charge in [0, 0.05) is 13.8 Å². The van der Waals surface area contributed by atoms with Gasteiger partial charge in [0.15, 0.2) is 43.3 Å². The number of allylic oxidation sites excluding steroid dienone is 5. The molecule has 0 radical (unpaired) electrons. The fourth-order valence-electron chi connectivity index (χ4n) is 7.60. The molecule has 1 unspecified atom stereocenters. The standard InChI is InChI=1S/C42H69N4O22P/c1-19(2)11-9-12-20(3)13-10-14-21(4)15-16-60-26(37(54)55)18-61-69(58,59)68-40-33(34(67-41(44)56)42(8,57)35(66-40)36(43)53)65-39-28(46-24(7)49)31(52)32(25(17-47)63-39)64-38-27(45-23(6)48)30(51)29(50)22(5)62-38/h11,13,15,22,25-35,38-40,47,50-52,57H,9-10,12,14,16-18H2,1-8H3,(H2,43,53)(H2,44,56)(H,45,48)(H,46,49)(H,54,55)(H,58,59)/b20-13+,21-15-/t22-,25-,26-,27-,28-,29-,30-,31-,32-,33-,34-,35-,38+,39+,40-,42+/m1/s1. The number of rotatable bonds is 24. The van der Waals surface area contributed by atoms with Crippen molar-refractivity contribution in [3.63, 3.8) is 0 Å². The Morgan fingerprint density at radius 2 is 1.35 bits per heavy atom. The van der Waals surface area contributed by atoms with Crippen LogP contribution in [0.15, 0.2) is 34.9 Å². The molecular weight excluding hydrogens is 943 g/mol. The second kappa shape index (κ2) is 26.5. The maximum atomic E-state index is 13.6. The van der Waals surface area contributed by atoms with Gasteiger partial charge in [0.1, 0.15) is 48.2 Å². The van der Waals surface area contributed by atoms with Crippen LogP contribution in [0.3, 0.4) is 0 Å². The van der Waals surface area contributed by atoms with Gasteiger partial charge in [0.05, 0.1) is 25.9 Å². The molecule has 0 saturated carbocycles. The number of nitrogens with two attached hydrogens (primary N) is 2. The van der Waals surface area contributed by atoms with Gasteiger partial charge in [0.25, 0.3) is 0 Å². The highest BCUT2D eigenvalue weighted by Gasteiger charge is 2.61. The first-order valence-electron chi connectivity index (χ1n) is 22.0. The number of hydrogen-bond donors (Lipinski definition) is 11. The maximum absolute atomic E-state index is 13.6. The molecule has 3 fully saturated rings. The predicted octanol–water partition coefficient (Wildman–Crippen LogP) is -1.24. The van der Waals surface area contributed by atoms with Crippen molar-refractivity contribution in [1.29, 1.82) is 0 Å². The molecule has 3 aliphatic heterocycles. The van der Waals surface area contributed by atoms with E-state index in [-0.39, 0.29) is 6.61 Å². The van der Waals surface area contributed by atoms with E-state index in [0.717, 1.165) is 45.6 Å². The van der Waals surface area contributed by atoms with Crippen LogP contribution >= 0.6 is 7.82 Å². The van der Waals surface area contributed by atoms with Crippen LogP contribution in [0.5, 0.6) is 0 Å². The van der Waals surface area contributed by atoms with Crippen molar-refractivity contribution in [2.75, 3.05) is 19.8 Å². The molecule has 26 nitrogen and oxygen atoms in total. The molecule has 0 aromatic carbocycles. The van der Waals surface area contributed by atoms with E-state index in [0.29, 0.717) is 6.42 Å². The molecule has 394 valence electrons. The Morgan fingerprint density at radius 1 is 0.797 bits per heavy atom. The molecule has 17 atom stereocenters. The highest BCUT2D eigenvalue weighted by atomic mass is 31.2. The summed E-state index contributed by atoms with van der Waals surface area (Å²) in [6.07, 6.45) is -17.1. The maximum Gasteiger partial charge on any atom is 0.474 e. The van der Waals surface area contributed by atoms with E-state index < -0.39 is 148 Å². The number of phosphoric acid groups is 1. The molecule has 0 aliphatic carbocycles. The van der Waals surface area contributed by atoms with Crippen molar-refractivity contribution in [3.05, 3.63) is 34.9 Å². The van der Waals surface area contributed by atoms with Crippen LogP contribution in [0.25, 0.3) is 0 Å². The number of hydrogen-bond acceptors (Lipinski definition) is 20. The summed E-state index contributed by atoms with van der Waals surface area (Å²) in [5, 5.41) is 69.6. The fourth-order valence-corrected chi connectivity index (χ4v) is 8.42. The lowest BCUT2D eigenvalue weighted by Crippen LogP contribution is -2.72. The summed E-state index contributed by atoms with van der Waals surface area (Å²) in [7, 11) is -5.60. The smallest absolute Gasteiger partial charge is 0.474 e. The highest BCUT2D eigenvalue weighted by Crippen LogP contribution is 2.49. The van der Waals surface area contributed by atoms with Gasteiger partial charge >= 0.3 is 19.9 Å². The molecule has 4 amide bonds. The second-order valence-corrected chi connectivity index (χ2v) is 18.8. The van der Waals surface area contributed by atoms with Gasteiger partial charge in [0.2, 0.25) is 17.7 Å². The van der Waals surface area contributed by atoms with Crippen molar-refractivity contribution in [2.45, 2.75) is 179 Å². The lowest BCUT2D eigenvalue weighted by Gasteiger charge is -2.51. The lowest BCUT2D eigenvalue weighted by atomic mass is 9.85. The zero-order chi connectivity index (χ0) is 52.1. The topological polar surface area (TPSA) is 403 Å². The Balaban J connectivity index is 1.91. The molecule has 0 aromatic heterocycles. The van der Waals surface area contributed by atoms with Gasteiger partial charge in [-0.25, -0.2) is 14.2 Å². The summed E-state index contributed by atoms with van der Waals surface area (Å²) >= 11 is 0. The number of aliphatic hydroxyl groups is 5. The Morgan fingerprint density at radius 3 is 1.88 bits per heavy atom. The SMILES string of the molecule is CC(=O)N[C@H]1[C@H](O[C@H]2[C@@H](OP(=O)(O)OC[C@@H](OC/C=C(/C)CC/C=C(\C)CCC=C(C)C)C(=O)O)O[C@H](C(N)=O)[C@@](C)(O)[C@@H]2OC(N)=O)O[C@H](CO)[C@@H](O[C@@H]2O[C@H](C)[C@@H](O)[C@H](O)[C@H]2NC(C)=O)[C@@H]1O. The van der Waals surface area contributed by atoms with Crippen LogP contribution in [0.1, 0.15) is 81.1 Å². The first-order valence-corrected chi connectivity index (χ1v) is 23.5. The van der Waals surface area contributed by atoms with E-state index in [4.69, 9.17) is 53.7 Å². The fraction of sp³-hybridized carbons (Fsp3) is 0.738. The number of amides is 4. The molecule has 3 saturated heterocycles. The summed E-state index contributed by atoms with van der Waals surface area (Å²) in [4.78, 5) is 72.6. The van der Waals surface area contributed by atoms with Gasteiger partial charge < -0.3 is 90.8 Å². The normalized spacial score (nSPS) is 34.4. The number of phosphoric ester groups is 1. The molecule has 69 heavy (non-hydrogen) atoms. The van der Waals surface area contributed by atoms with E-state index in [9.17, 15) is 64.1 Å². The minimum Gasteiger partial charge on any atom is -0.479 e. The van der Waals surface area contributed by atoms with Crippen molar-refractivity contribution >= 4 is 37.6 Å². The molecule has 0 bridgehead atoms. The Labute approximate surface area is 398 Å². The number of carbonyl (C=O) groups is 5. The van der Waals surface area contributed by atoms with Gasteiger partial charge in [-0.3, -0.25) is 23.4 Å². The summed E-state index contributed by atoms with van der Waals surface area (Å²) in [5.74, 6) is -4.58. The van der Waals surface area contributed by atoms with Gasteiger partial charge in [-0.1, -0.05) is 34.9 Å². The van der Waals surface area contributed by atoms with Gasteiger partial charge in [-0.15, -0.1) is 0 Å². The van der Waals surface area contributed by atoms with Gasteiger partial charge in [-0.05, 0) is 67.2 Å². The van der Waals surface area contributed by atoms with Crippen LogP contribution in [0, 0.1) is 0 Å². The molecule has 3 heterocycles. The van der Waals surface area contributed by atoms with E-state index in [1.54, 1.807) is 6.08 Å². The Hall–Kier alpha value is -3.96. The first kappa shape index (κ1) is 59.3. The van der Waals surface area contributed by atoms with Crippen LogP contribution in [-0.4, -0.2) is 183 Å². The Bertz CT molecular complexity index is 1910. The van der Waals surface area contributed by atoms with E-state index in [1.165, 1.54) is 18.1 Å².